The number of rotatable bonds is 4. The van der Waals surface area contributed by atoms with Crippen LogP contribution >= 0.6 is 0 Å². The van der Waals surface area contributed by atoms with E-state index in [4.69, 9.17) is 10.7 Å². The number of anilines is 1. The standard InChI is InChI=1S/C28H26N6O/c1-18-14-30-12-13-33(18)21-10-8-19(9-11-21)20-15-31-28-26(16-32-34(28)17-20)24-6-2-5-23-22(24)4-3-7-25(23)27(29)35/h2-11,15-18,30H,12-14H2,1H3,(H2,29,35)/t18-/m0/s1. The molecule has 1 aliphatic rings. The van der Waals surface area contributed by atoms with Gasteiger partial charge in [-0.1, -0.05) is 42.5 Å². The van der Waals surface area contributed by atoms with E-state index in [2.05, 4.69) is 46.5 Å². The molecule has 1 atom stereocenters. The van der Waals surface area contributed by atoms with Crippen LogP contribution in [0.15, 0.2) is 79.3 Å². The normalized spacial score (nSPS) is 16.1. The van der Waals surface area contributed by atoms with Crippen LogP contribution in [0.4, 0.5) is 5.69 Å². The highest BCUT2D eigenvalue weighted by Gasteiger charge is 2.18. The Balaban J connectivity index is 1.36. The first kappa shape index (κ1) is 21.3. The van der Waals surface area contributed by atoms with Crippen molar-refractivity contribution in [3.63, 3.8) is 0 Å². The summed E-state index contributed by atoms with van der Waals surface area (Å²) in [5.74, 6) is -0.437. The lowest BCUT2D eigenvalue weighted by molar-refractivity contribution is 0.100. The molecule has 3 heterocycles. The van der Waals surface area contributed by atoms with Gasteiger partial charge < -0.3 is 16.0 Å². The fourth-order valence-corrected chi connectivity index (χ4v) is 5.04. The molecular weight excluding hydrogens is 436 g/mol. The maximum Gasteiger partial charge on any atom is 0.249 e. The first-order chi connectivity index (χ1) is 17.1. The summed E-state index contributed by atoms with van der Waals surface area (Å²) in [4.78, 5) is 19.1. The van der Waals surface area contributed by atoms with Crippen molar-refractivity contribution in [1.82, 2.24) is 19.9 Å². The summed E-state index contributed by atoms with van der Waals surface area (Å²) in [7, 11) is 0. The number of carbonyl (C=O) groups excluding carboxylic acids is 1. The van der Waals surface area contributed by atoms with Gasteiger partial charge in [0.25, 0.3) is 0 Å². The Morgan fingerprint density at radius 3 is 2.57 bits per heavy atom. The van der Waals surface area contributed by atoms with Crippen LogP contribution < -0.4 is 16.0 Å². The van der Waals surface area contributed by atoms with Crippen molar-refractivity contribution in [2.75, 3.05) is 24.5 Å². The first-order valence-electron chi connectivity index (χ1n) is 11.8. The zero-order valence-corrected chi connectivity index (χ0v) is 19.5. The molecule has 6 rings (SSSR count). The van der Waals surface area contributed by atoms with Gasteiger partial charge in [0.2, 0.25) is 5.91 Å². The van der Waals surface area contributed by atoms with E-state index in [0.717, 1.165) is 58.3 Å². The second kappa shape index (κ2) is 8.52. The summed E-state index contributed by atoms with van der Waals surface area (Å²) in [5, 5.41) is 9.81. The highest BCUT2D eigenvalue weighted by molar-refractivity contribution is 6.10. The largest absolute Gasteiger partial charge is 0.366 e. The minimum atomic E-state index is -0.437. The molecule has 35 heavy (non-hydrogen) atoms. The molecule has 3 aromatic carbocycles. The lowest BCUT2D eigenvalue weighted by Gasteiger charge is -2.36. The SMILES string of the molecule is C[C@H]1CNCCN1c1ccc(-c2cnc3c(-c4cccc5c(C(N)=O)cccc45)cnn3c2)cc1. The van der Waals surface area contributed by atoms with Crippen LogP contribution in [0.25, 0.3) is 38.7 Å². The average molecular weight is 463 g/mol. The van der Waals surface area contributed by atoms with Crippen LogP contribution in [-0.2, 0) is 0 Å². The fraction of sp³-hybridized carbons (Fsp3) is 0.179. The molecule has 0 spiro atoms. The molecule has 5 aromatic rings. The molecule has 0 radical (unpaired) electrons. The Morgan fingerprint density at radius 2 is 1.77 bits per heavy atom. The van der Waals surface area contributed by atoms with Crippen molar-refractivity contribution in [1.29, 1.82) is 0 Å². The van der Waals surface area contributed by atoms with Gasteiger partial charge in [0, 0.05) is 60.4 Å². The lowest BCUT2D eigenvalue weighted by Crippen LogP contribution is -2.49. The van der Waals surface area contributed by atoms with E-state index < -0.39 is 5.91 Å². The third kappa shape index (κ3) is 3.70. The molecule has 2 aromatic heterocycles. The second-order valence-corrected chi connectivity index (χ2v) is 9.03. The molecule has 174 valence electrons. The molecule has 0 saturated carbocycles. The van der Waals surface area contributed by atoms with Crippen molar-refractivity contribution in [2.24, 2.45) is 5.73 Å². The number of benzene rings is 3. The van der Waals surface area contributed by atoms with Crippen molar-refractivity contribution < 1.29 is 4.79 Å². The molecule has 1 saturated heterocycles. The van der Waals surface area contributed by atoms with E-state index in [0.29, 0.717) is 11.6 Å². The van der Waals surface area contributed by atoms with Crippen LogP contribution in [0.5, 0.6) is 0 Å². The predicted molar refractivity (Wildman–Crippen MR) is 140 cm³/mol. The fourth-order valence-electron chi connectivity index (χ4n) is 5.04. The van der Waals surface area contributed by atoms with Crippen molar-refractivity contribution in [3.05, 3.63) is 84.8 Å². The number of nitrogens with one attached hydrogen (secondary N) is 1. The lowest BCUT2D eigenvalue weighted by atomic mass is 9.96. The maximum absolute atomic E-state index is 11.9. The number of nitrogens with zero attached hydrogens (tertiary/aromatic N) is 4. The smallest absolute Gasteiger partial charge is 0.249 e. The topological polar surface area (TPSA) is 88.5 Å². The number of hydrogen-bond acceptors (Lipinski definition) is 5. The second-order valence-electron chi connectivity index (χ2n) is 9.03. The number of amides is 1. The summed E-state index contributed by atoms with van der Waals surface area (Å²) in [6.45, 7) is 5.27. The van der Waals surface area contributed by atoms with Gasteiger partial charge in [-0.3, -0.25) is 4.79 Å². The van der Waals surface area contributed by atoms with Crippen LogP contribution in [0, 0.1) is 0 Å². The Labute approximate surface area is 203 Å². The van der Waals surface area contributed by atoms with Crippen molar-refractivity contribution in [2.45, 2.75) is 13.0 Å². The van der Waals surface area contributed by atoms with Gasteiger partial charge in [-0.15, -0.1) is 0 Å². The number of hydrogen-bond donors (Lipinski definition) is 2. The van der Waals surface area contributed by atoms with Gasteiger partial charge in [0.15, 0.2) is 5.65 Å². The number of carbonyl (C=O) groups is 1. The molecule has 7 heteroatoms. The van der Waals surface area contributed by atoms with Gasteiger partial charge >= 0.3 is 0 Å². The van der Waals surface area contributed by atoms with Crippen molar-refractivity contribution >= 4 is 28.0 Å². The van der Waals surface area contributed by atoms with E-state index in [1.807, 2.05) is 53.4 Å². The Hall–Kier alpha value is -4.23. The molecule has 7 nitrogen and oxygen atoms in total. The van der Waals surface area contributed by atoms with E-state index in [1.165, 1.54) is 5.69 Å². The number of primary amides is 1. The van der Waals surface area contributed by atoms with E-state index in [1.54, 1.807) is 6.07 Å². The Kier molecular flexibility index (Phi) is 5.19. The minimum absolute atomic E-state index is 0.437. The molecule has 3 N–H and O–H groups in total. The maximum atomic E-state index is 11.9. The van der Waals surface area contributed by atoms with Crippen LogP contribution in [0.2, 0.25) is 0 Å². The molecule has 1 amide bonds. The van der Waals surface area contributed by atoms with Gasteiger partial charge in [0.1, 0.15) is 0 Å². The molecular formula is C28H26N6O. The van der Waals surface area contributed by atoms with Crippen LogP contribution in [0.1, 0.15) is 17.3 Å². The third-order valence-corrected chi connectivity index (χ3v) is 6.87. The van der Waals surface area contributed by atoms with Gasteiger partial charge in [0.05, 0.1) is 6.20 Å². The van der Waals surface area contributed by atoms with Crippen LogP contribution in [-0.4, -0.2) is 46.2 Å². The summed E-state index contributed by atoms with van der Waals surface area (Å²) in [6, 6.07) is 20.6. The highest BCUT2D eigenvalue weighted by atomic mass is 16.1. The summed E-state index contributed by atoms with van der Waals surface area (Å²) >= 11 is 0. The molecule has 1 fully saturated rings. The highest BCUT2D eigenvalue weighted by Crippen LogP contribution is 2.33. The Morgan fingerprint density at radius 1 is 0.971 bits per heavy atom. The summed E-state index contributed by atoms with van der Waals surface area (Å²) < 4.78 is 1.81. The number of fused-ring (bicyclic) bond motifs is 2. The summed E-state index contributed by atoms with van der Waals surface area (Å²) in [5.41, 5.74) is 12.1. The predicted octanol–water partition coefficient (Wildman–Crippen LogP) is 4.11. The zero-order valence-electron chi connectivity index (χ0n) is 19.5. The van der Waals surface area contributed by atoms with Crippen molar-refractivity contribution in [3.8, 4) is 22.3 Å². The number of piperazine rings is 1. The first-order valence-corrected chi connectivity index (χ1v) is 11.8. The molecule has 0 bridgehead atoms. The van der Waals surface area contributed by atoms with Gasteiger partial charge in [-0.05, 0) is 47.0 Å². The minimum Gasteiger partial charge on any atom is -0.366 e. The summed E-state index contributed by atoms with van der Waals surface area (Å²) in [6.07, 6.45) is 5.73. The van der Waals surface area contributed by atoms with Crippen LogP contribution in [0.3, 0.4) is 0 Å². The number of aromatic nitrogens is 3. The monoisotopic (exact) mass is 462 g/mol. The molecule has 1 aliphatic heterocycles. The van der Waals surface area contributed by atoms with Gasteiger partial charge in [-0.25, -0.2) is 9.50 Å². The number of nitrogens with two attached hydrogens (primary N) is 1. The zero-order chi connectivity index (χ0) is 23.9. The molecule has 0 unspecified atom stereocenters. The van der Waals surface area contributed by atoms with E-state index in [-0.39, 0.29) is 0 Å². The Bertz CT molecular complexity index is 1560. The quantitative estimate of drug-likeness (QED) is 0.420. The van der Waals surface area contributed by atoms with E-state index >= 15 is 0 Å². The third-order valence-electron chi connectivity index (χ3n) is 6.87. The average Bonchev–Trinajstić information content (AvgIpc) is 3.31. The van der Waals surface area contributed by atoms with E-state index in [9.17, 15) is 4.79 Å². The van der Waals surface area contributed by atoms with Gasteiger partial charge in [-0.2, -0.15) is 5.10 Å². The molecule has 0 aliphatic carbocycles.